The Labute approximate surface area is 110 Å². The summed E-state index contributed by atoms with van der Waals surface area (Å²) in [5, 5.41) is 0. The highest BCUT2D eigenvalue weighted by Crippen LogP contribution is 2.20. The molecule has 3 nitrogen and oxygen atoms in total. The number of unbranched alkanes of at least 4 members (excludes halogenated alkanes) is 2. The summed E-state index contributed by atoms with van der Waals surface area (Å²) in [6.07, 6.45) is 9.23. The Morgan fingerprint density at radius 3 is 2.50 bits per heavy atom. The molecule has 0 N–H and O–H groups in total. The lowest BCUT2D eigenvalue weighted by atomic mass is 10.0. The number of hydrogen-bond donors (Lipinski definition) is 0. The van der Waals surface area contributed by atoms with Crippen LogP contribution < -0.4 is 0 Å². The summed E-state index contributed by atoms with van der Waals surface area (Å²) in [5.41, 5.74) is 2.06. The van der Waals surface area contributed by atoms with Crippen molar-refractivity contribution in [3.8, 4) is 0 Å². The summed E-state index contributed by atoms with van der Waals surface area (Å²) in [4.78, 5) is 4.52. The lowest BCUT2D eigenvalue weighted by molar-refractivity contribution is 0.601. The highest BCUT2D eigenvalue weighted by Gasteiger charge is 2.08. The summed E-state index contributed by atoms with van der Waals surface area (Å²) in [6.45, 7) is 4.17. The van der Waals surface area contributed by atoms with E-state index in [1.165, 1.54) is 30.9 Å². The Morgan fingerprint density at radius 1 is 1.33 bits per heavy atom. The van der Waals surface area contributed by atoms with Gasteiger partial charge in [0.15, 0.2) is 9.84 Å². The van der Waals surface area contributed by atoms with Gasteiger partial charge in [-0.25, -0.2) is 8.42 Å². The molecular formula is C14H21NO2S. The van der Waals surface area contributed by atoms with Crippen LogP contribution in [0.2, 0.25) is 0 Å². The molecule has 0 amide bonds. The Kier molecular flexibility index (Phi) is 5.54. The molecule has 18 heavy (non-hydrogen) atoms. The van der Waals surface area contributed by atoms with Crippen molar-refractivity contribution < 1.29 is 8.42 Å². The number of allylic oxidation sites excluding steroid dienone is 2. The Balaban J connectivity index is 2.83. The van der Waals surface area contributed by atoms with Gasteiger partial charge < -0.3 is 0 Å². The number of sulfone groups is 1. The van der Waals surface area contributed by atoms with E-state index in [1.807, 2.05) is 6.92 Å². The van der Waals surface area contributed by atoms with Crippen molar-refractivity contribution in [2.45, 2.75) is 44.4 Å². The molecule has 0 aromatic carbocycles. The van der Waals surface area contributed by atoms with Crippen molar-refractivity contribution in [1.29, 1.82) is 0 Å². The van der Waals surface area contributed by atoms with Crippen molar-refractivity contribution in [1.82, 2.24) is 4.98 Å². The summed E-state index contributed by atoms with van der Waals surface area (Å²) in [5.74, 6) is 0. The molecular weight excluding hydrogens is 246 g/mol. The predicted molar refractivity (Wildman–Crippen MR) is 75.1 cm³/mol. The molecule has 1 aromatic rings. The molecule has 100 valence electrons. The maximum atomic E-state index is 11.3. The lowest BCUT2D eigenvalue weighted by Gasteiger charge is -2.07. The first kappa shape index (κ1) is 14.9. The van der Waals surface area contributed by atoms with Gasteiger partial charge in [-0.3, -0.25) is 4.98 Å². The van der Waals surface area contributed by atoms with Gasteiger partial charge in [-0.2, -0.15) is 0 Å². The molecule has 0 saturated heterocycles. The summed E-state index contributed by atoms with van der Waals surface area (Å²) >= 11 is 0. The topological polar surface area (TPSA) is 47.0 Å². The average Bonchev–Trinajstić information content (AvgIpc) is 2.34. The van der Waals surface area contributed by atoms with Crippen molar-refractivity contribution in [2.75, 3.05) is 6.26 Å². The second kappa shape index (κ2) is 6.69. The van der Waals surface area contributed by atoms with E-state index in [1.54, 1.807) is 12.1 Å². The van der Waals surface area contributed by atoms with Crippen molar-refractivity contribution in [2.24, 2.45) is 0 Å². The number of nitrogens with zero attached hydrogens (tertiary/aromatic N) is 1. The maximum Gasteiger partial charge on any atom is 0.177 e. The Hall–Kier alpha value is -1.16. The standard InChI is InChI=1S/C14H21NO2S/c1-4-6-7-8-12(5-2)14-10-9-13(11-15-14)18(3,16)17/h5,9-11H,4,6-8H2,1-3H3/b12-5-. The van der Waals surface area contributed by atoms with Crippen LogP contribution in [0.3, 0.4) is 0 Å². The molecule has 0 radical (unpaired) electrons. The van der Waals surface area contributed by atoms with Gasteiger partial charge in [0.25, 0.3) is 0 Å². The van der Waals surface area contributed by atoms with Gasteiger partial charge in [-0.05, 0) is 37.5 Å². The minimum atomic E-state index is -3.15. The molecule has 1 rings (SSSR count). The molecule has 0 unspecified atom stereocenters. The third-order valence-electron chi connectivity index (χ3n) is 2.89. The summed E-state index contributed by atoms with van der Waals surface area (Å²) in [6, 6.07) is 3.42. The van der Waals surface area contributed by atoms with Gasteiger partial charge in [0.05, 0.1) is 10.6 Å². The fraction of sp³-hybridized carbons (Fsp3) is 0.500. The van der Waals surface area contributed by atoms with Gasteiger partial charge in [-0.15, -0.1) is 0 Å². The fourth-order valence-corrected chi connectivity index (χ4v) is 2.33. The second-order valence-electron chi connectivity index (χ2n) is 4.42. The molecule has 0 aliphatic carbocycles. The van der Waals surface area contributed by atoms with E-state index in [4.69, 9.17) is 0 Å². The quantitative estimate of drug-likeness (QED) is 0.741. The first-order valence-electron chi connectivity index (χ1n) is 6.30. The average molecular weight is 267 g/mol. The molecule has 0 spiro atoms. The van der Waals surface area contributed by atoms with Crippen LogP contribution in [0.15, 0.2) is 29.3 Å². The zero-order valence-corrected chi connectivity index (χ0v) is 12.1. The molecule has 1 heterocycles. The molecule has 0 aliphatic rings. The first-order chi connectivity index (χ1) is 8.49. The SMILES string of the molecule is C/C=C(/CCCCC)c1ccc(S(C)(=O)=O)cn1. The molecule has 0 bridgehead atoms. The van der Waals surface area contributed by atoms with Crippen LogP contribution in [0.4, 0.5) is 0 Å². The van der Waals surface area contributed by atoms with Crippen LogP contribution in [0.1, 0.15) is 45.2 Å². The second-order valence-corrected chi connectivity index (χ2v) is 6.44. The molecule has 0 fully saturated rings. The minimum absolute atomic E-state index is 0.273. The number of hydrogen-bond acceptors (Lipinski definition) is 3. The largest absolute Gasteiger partial charge is 0.255 e. The van der Waals surface area contributed by atoms with Crippen LogP contribution in [0.5, 0.6) is 0 Å². The molecule has 4 heteroatoms. The molecule has 0 saturated carbocycles. The molecule has 1 aromatic heterocycles. The van der Waals surface area contributed by atoms with E-state index in [2.05, 4.69) is 18.0 Å². The minimum Gasteiger partial charge on any atom is -0.255 e. The number of aromatic nitrogens is 1. The summed E-state index contributed by atoms with van der Waals surface area (Å²) < 4.78 is 22.7. The lowest BCUT2D eigenvalue weighted by Crippen LogP contribution is -1.99. The maximum absolute atomic E-state index is 11.3. The number of pyridine rings is 1. The van der Waals surface area contributed by atoms with Gasteiger partial charge in [0.1, 0.15) is 0 Å². The Morgan fingerprint density at radius 2 is 2.06 bits per heavy atom. The number of rotatable bonds is 6. The van der Waals surface area contributed by atoms with Gasteiger partial charge in [0.2, 0.25) is 0 Å². The smallest absolute Gasteiger partial charge is 0.177 e. The van der Waals surface area contributed by atoms with E-state index < -0.39 is 9.84 Å². The van der Waals surface area contributed by atoms with Gasteiger partial charge >= 0.3 is 0 Å². The third kappa shape index (κ3) is 4.26. The van der Waals surface area contributed by atoms with E-state index >= 15 is 0 Å². The van der Waals surface area contributed by atoms with Crippen LogP contribution in [0, 0.1) is 0 Å². The van der Waals surface area contributed by atoms with Gasteiger partial charge in [-0.1, -0.05) is 25.8 Å². The Bertz CT molecular complexity index is 501. The highest BCUT2D eigenvalue weighted by molar-refractivity contribution is 7.90. The van der Waals surface area contributed by atoms with Crippen LogP contribution in [-0.4, -0.2) is 19.7 Å². The van der Waals surface area contributed by atoms with Crippen molar-refractivity contribution in [3.63, 3.8) is 0 Å². The van der Waals surface area contributed by atoms with E-state index in [9.17, 15) is 8.42 Å². The summed E-state index contributed by atoms with van der Waals surface area (Å²) in [7, 11) is -3.15. The highest BCUT2D eigenvalue weighted by atomic mass is 32.2. The van der Waals surface area contributed by atoms with Gasteiger partial charge in [0, 0.05) is 12.5 Å². The van der Waals surface area contributed by atoms with E-state index in [-0.39, 0.29) is 4.90 Å². The first-order valence-corrected chi connectivity index (χ1v) is 8.19. The fourth-order valence-electron chi connectivity index (χ4n) is 1.78. The van der Waals surface area contributed by atoms with Crippen molar-refractivity contribution >= 4 is 15.4 Å². The van der Waals surface area contributed by atoms with Crippen LogP contribution in [0.25, 0.3) is 5.57 Å². The zero-order chi connectivity index (χ0) is 13.6. The van der Waals surface area contributed by atoms with E-state index in [0.29, 0.717) is 0 Å². The monoisotopic (exact) mass is 267 g/mol. The van der Waals surface area contributed by atoms with E-state index in [0.717, 1.165) is 18.5 Å². The van der Waals surface area contributed by atoms with Crippen LogP contribution >= 0.6 is 0 Å². The predicted octanol–water partition coefficient (Wildman–Crippen LogP) is 3.47. The van der Waals surface area contributed by atoms with Crippen molar-refractivity contribution in [3.05, 3.63) is 30.1 Å². The normalized spacial score (nSPS) is 12.7. The molecule has 0 aliphatic heterocycles. The third-order valence-corrected chi connectivity index (χ3v) is 3.99. The zero-order valence-electron chi connectivity index (χ0n) is 11.3. The van der Waals surface area contributed by atoms with Crippen LogP contribution in [-0.2, 0) is 9.84 Å². The molecule has 0 atom stereocenters.